The van der Waals surface area contributed by atoms with Crippen molar-refractivity contribution in [1.82, 2.24) is 20.2 Å². The van der Waals surface area contributed by atoms with Gasteiger partial charge in [0.1, 0.15) is 12.4 Å². The summed E-state index contributed by atoms with van der Waals surface area (Å²) in [6, 6.07) is 8.74. The molecule has 0 aliphatic rings. The number of rotatable bonds is 8. The Balaban J connectivity index is 1.96. The zero-order valence-electron chi connectivity index (χ0n) is 16.8. The lowest BCUT2D eigenvalue weighted by atomic mass is 10.0. The maximum Gasteiger partial charge on any atom is 0.191 e. The van der Waals surface area contributed by atoms with E-state index in [4.69, 9.17) is 4.99 Å². The topological polar surface area (TPSA) is 54.2 Å². The van der Waals surface area contributed by atoms with E-state index in [1.54, 1.807) is 0 Å². The molecule has 0 spiro atoms. The van der Waals surface area contributed by atoms with E-state index in [0.29, 0.717) is 18.4 Å². The molecule has 2 aromatic rings. The van der Waals surface area contributed by atoms with Gasteiger partial charge in [-0.1, -0.05) is 50.6 Å². The van der Waals surface area contributed by atoms with E-state index in [0.717, 1.165) is 31.4 Å². The van der Waals surface area contributed by atoms with Gasteiger partial charge in [0.2, 0.25) is 0 Å². The number of benzene rings is 1. The molecule has 0 saturated carbocycles. The van der Waals surface area contributed by atoms with E-state index in [9.17, 15) is 0 Å². The Bertz CT molecular complexity index is 685. The molecule has 0 amide bonds. The molecule has 5 heteroatoms. The van der Waals surface area contributed by atoms with Gasteiger partial charge >= 0.3 is 0 Å². The monoisotopic (exact) mass is 355 g/mol. The van der Waals surface area contributed by atoms with E-state index >= 15 is 0 Å². The van der Waals surface area contributed by atoms with Crippen LogP contribution in [0.3, 0.4) is 0 Å². The summed E-state index contributed by atoms with van der Waals surface area (Å²) in [6.07, 6.45) is 3.89. The summed E-state index contributed by atoms with van der Waals surface area (Å²) in [5, 5.41) is 6.78. The highest BCUT2D eigenvalue weighted by Gasteiger charge is 2.08. The number of guanidine groups is 1. The van der Waals surface area contributed by atoms with Crippen molar-refractivity contribution in [1.29, 1.82) is 0 Å². The first kappa shape index (κ1) is 20.0. The van der Waals surface area contributed by atoms with Crippen molar-refractivity contribution in [2.75, 3.05) is 13.1 Å². The molecule has 26 heavy (non-hydrogen) atoms. The number of aryl methyl sites for hydroxylation is 1. The van der Waals surface area contributed by atoms with Crippen LogP contribution in [0.15, 0.2) is 41.7 Å². The fourth-order valence-corrected chi connectivity index (χ4v) is 2.81. The maximum atomic E-state index is 4.71. The van der Waals surface area contributed by atoms with Gasteiger partial charge in [-0.15, -0.1) is 0 Å². The van der Waals surface area contributed by atoms with Crippen molar-refractivity contribution in [3.8, 4) is 0 Å². The van der Waals surface area contributed by atoms with Crippen LogP contribution < -0.4 is 10.6 Å². The van der Waals surface area contributed by atoms with Crippen molar-refractivity contribution in [3.63, 3.8) is 0 Å². The molecule has 0 aliphatic heterocycles. The summed E-state index contributed by atoms with van der Waals surface area (Å²) >= 11 is 0. The van der Waals surface area contributed by atoms with Crippen LogP contribution in [0, 0.1) is 12.8 Å². The number of hydrogen-bond acceptors (Lipinski definition) is 2. The molecule has 2 rings (SSSR count). The van der Waals surface area contributed by atoms with Gasteiger partial charge in [-0.2, -0.15) is 0 Å². The Morgan fingerprint density at radius 1 is 1.15 bits per heavy atom. The van der Waals surface area contributed by atoms with Crippen molar-refractivity contribution in [3.05, 3.63) is 53.6 Å². The molecular weight excluding hydrogens is 322 g/mol. The Kier molecular flexibility index (Phi) is 7.70. The summed E-state index contributed by atoms with van der Waals surface area (Å²) < 4.78 is 2.19. The predicted octanol–water partition coefficient (Wildman–Crippen LogP) is 3.71. The van der Waals surface area contributed by atoms with Crippen LogP contribution in [0.25, 0.3) is 0 Å². The molecule has 1 atom stereocenters. The molecule has 1 unspecified atom stereocenters. The van der Waals surface area contributed by atoms with Crippen LogP contribution in [0.2, 0.25) is 0 Å². The molecule has 1 aromatic heterocycles. The van der Waals surface area contributed by atoms with Gasteiger partial charge in [0.25, 0.3) is 0 Å². The molecule has 142 valence electrons. The molecular formula is C21H33N5. The fraction of sp³-hybridized carbons (Fsp3) is 0.524. The minimum atomic E-state index is 0.419. The number of nitrogens with one attached hydrogen (secondary N) is 2. The van der Waals surface area contributed by atoms with Crippen LogP contribution >= 0.6 is 0 Å². The zero-order chi connectivity index (χ0) is 18.9. The average molecular weight is 356 g/mol. The van der Waals surface area contributed by atoms with E-state index in [2.05, 4.69) is 79.1 Å². The first-order chi connectivity index (χ1) is 12.5. The number of imidazole rings is 1. The molecule has 1 aromatic carbocycles. The minimum absolute atomic E-state index is 0.419. The summed E-state index contributed by atoms with van der Waals surface area (Å²) in [6.45, 7) is 14.1. The van der Waals surface area contributed by atoms with Crippen LogP contribution in [-0.2, 0) is 13.1 Å². The van der Waals surface area contributed by atoms with Crippen molar-refractivity contribution in [2.24, 2.45) is 10.9 Å². The third-order valence-corrected chi connectivity index (χ3v) is 4.31. The smallest absolute Gasteiger partial charge is 0.191 e. The Morgan fingerprint density at radius 2 is 1.88 bits per heavy atom. The summed E-state index contributed by atoms with van der Waals surface area (Å²) in [7, 11) is 0. The first-order valence-corrected chi connectivity index (χ1v) is 9.58. The van der Waals surface area contributed by atoms with Crippen LogP contribution in [0.5, 0.6) is 0 Å². The van der Waals surface area contributed by atoms with Gasteiger partial charge in [0.05, 0.1) is 0 Å². The SMILES string of the molecule is CCNC(=NCc1nccn1CC(C)C)NCC(C)c1ccc(C)cc1. The second kappa shape index (κ2) is 10.00. The lowest BCUT2D eigenvalue weighted by Gasteiger charge is -2.16. The van der Waals surface area contributed by atoms with Gasteiger partial charge in [-0.25, -0.2) is 9.98 Å². The highest BCUT2D eigenvalue weighted by Crippen LogP contribution is 2.14. The quantitative estimate of drug-likeness (QED) is 0.561. The predicted molar refractivity (Wildman–Crippen MR) is 109 cm³/mol. The van der Waals surface area contributed by atoms with E-state index in [1.165, 1.54) is 11.1 Å². The second-order valence-corrected chi connectivity index (χ2v) is 7.28. The molecule has 5 nitrogen and oxygen atoms in total. The summed E-state index contributed by atoms with van der Waals surface area (Å²) in [4.78, 5) is 9.17. The van der Waals surface area contributed by atoms with E-state index in [-0.39, 0.29) is 0 Å². The number of aliphatic imine (C=N–C) groups is 1. The molecule has 0 aliphatic carbocycles. The lowest BCUT2D eigenvalue weighted by Crippen LogP contribution is -2.39. The normalized spacial score (nSPS) is 13.1. The van der Waals surface area contributed by atoms with Crippen molar-refractivity contribution < 1.29 is 0 Å². The van der Waals surface area contributed by atoms with E-state index < -0.39 is 0 Å². The average Bonchev–Trinajstić information content (AvgIpc) is 3.04. The highest BCUT2D eigenvalue weighted by atomic mass is 15.2. The van der Waals surface area contributed by atoms with E-state index in [1.807, 2.05) is 12.4 Å². The molecule has 0 bridgehead atoms. The van der Waals surface area contributed by atoms with Gasteiger partial charge in [0, 0.05) is 32.0 Å². The lowest BCUT2D eigenvalue weighted by molar-refractivity contribution is 0.507. The first-order valence-electron chi connectivity index (χ1n) is 9.58. The Labute approximate surface area is 158 Å². The number of nitrogens with zero attached hydrogens (tertiary/aromatic N) is 3. The van der Waals surface area contributed by atoms with Gasteiger partial charge in [-0.05, 0) is 31.2 Å². The van der Waals surface area contributed by atoms with Crippen LogP contribution in [-0.4, -0.2) is 28.6 Å². The second-order valence-electron chi connectivity index (χ2n) is 7.28. The fourth-order valence-electron chi connectivity index (χ4n) is 2.81. The molecule has 0 radical (unpaired) electrons. The Hall–Kier alpha value is -2.30. The summed E-state index contributed by atoms with van der Waals surface area (Å²) in [5.74, 6) is 2.85. The Morgan fingerprint density at radius 3 is 2.54 bits per heavy atom. The maximum absolute atomic E-state index is 4.71. The minimum Gasteiger partial charge on any atom is -0.357 e. The molecule has 0 saturated heterocycles. The number of aromatic nitrogens is 2. The number of hydrogen-bond donors (Lipinski definition) is 2. The van der Waals surface area contributed by atoms with Crippen molar-refractivity contribution in [2.45, 2.75) is 53.6 Å². The largest absolute Gasteiger partial charge is 0.357 e. The third-order valence-electron chi connectivity index (χ3n) is 4.31. The molecule has 1 heterocycles. The van der Waals surface area contributed by atoms with Gasteiger partial charge in [-0.3, -0.25) is 0 Å². The van der Waals surface area contributed by atoms with Gasteiger partial charge < -0.3 is 15.2 Å². The molecule has 2 N–H and O–H groups in total. The molecule has 0 fully saturated rings. The van der Waals surface area contributed by atoms with Crippen molar-refractivity contribution >= 4 is 5.96 Å². The van der Waals surface area contributed by atoms with Crippen LogP contribution in [0.4, 0.5) is 0 Å². The van der Waals surface area contributed by atoms with Crippen LogP contribution in [0.1, 0.15) is 50.6 Å². The summed E-state index contributed by atoms with van der Waals surface area (Å²) in [5.41, 5.74) is 2.63. The zero-order valence-corrected chi connectivity index (χ0v) is 16.8. The van der Waals surface area contributed by atoms with Gasteiger partial charge in [0.15, 0.2) is 5.96 Å². The highest BCUT2D eigenvalue weighted by molar-refractivity contribution is 5.79. The third kappa shape index (κ3) is 6.21. The standard InChI is InChI=1S/C21H33N5/c1-6-22-21(24-13-18(5)19-9-7-17(4)8-10-19)25-14-20-23-11-12-26(20)15-16(2)3/h7-12,16,18H,6,13-15H2,1-5H3,(H2,22,24,25).